The molecule has 4 rings (SSSR count). The fraction of sp³-hybridized carbons (Fsp3) is 0.964. The molecule has 4 aliphatic rings. The second kappa shape index (κ2) is 23.7. The highest BCUT2D eigenvalue weighted by molar-refractivity contribution is 7.91. The highest BCUT2D eigenvalue weighted by Gasteiger charge is 2.31. The number of sulfone groups is 1. The monoisotopic (exact) mass is 524 g/mol. The van der Waals surface area contributed by atoms with E-state index in [0.29, 0.717) is 30.1 Å². The Morgan fingerprint density at radius 3 is 1.40 bits per heavy atom. The summed E-state index contributed by atoms with van der Waals surface area (Å²) in [5.74, 6) is 1.11. The van der Waals surface area contributed by atoms with Crippen LogP contribution in [0.25, 0.3) is 0 Å². The van der Waals surface area contributed by atoms with Gasteiger partial charge in [0.15, 0.2) is 5.79 Å². The van der Waals surface area contributed by atoms with Crippen LogP contribution in [0.4, 0.5) is 0 Å². The zero-order valence-corrected chi connectivity index (χ0v) is 25.9. The van der Waals surface area contributed by atoms with Crippen LogP contribution < -0.4 is 0 Å². The number of hydrogen-bond donors (Lipinski definition) is 0. The minimum Gasteiger partial charge on any atom is -0.465 e. The molecule has 3 saturated heterocycles. The standard InChI is InChI=1S/C8H16O2.C5H8O2.C5H10.C4H8O2S.3C2H6/c1-6-5-9-8(3,4)10-7(6)2;1-4-2-3-7-5(4)6;1-2-4-5-3-1;5-7(6)3-1-2-4-7;3*1-2/h6-7H,5H2,1-4H3;4H,2-3H2,1H3;1-5H2;1-4H2;3*1-2H3. The van der Waals surface area contributed by atoms with Crippen LogP contribution >= 0.6 is 0 Å². The van der Waals surface area contributed by atoms with Gasteiger partial charge in [0.2, 0.25) is 0 Å². The molecule has 35 heavy (non-hydrogen) atoms. The Balaban J connectivity index is -0.000000370. The molecule has 1 saturated carbocycles. The van der Waals surface area contributed by atoms with E-state index >= 15 is 0 Å². The molecule has 0 spiro atoms. The van der Waals surface area contributed by atoms with E-state index in [2.05, 4.69) is 18.6 Å². The van der Waals surface area contributed by atoms with E-state index in [-0.39, 0.29) is 17.7 Å². The molecule has 7 heteroatoms. The van der Waals surface area contributed by atoms with Crippen LogP contribution in [-0.4, -0.2) is 51.0 Å². The normalized spacial score (nSPS) is 26.9. The van der Waals surface area contributed by atoms with Gasteiger partial charge in [0.05, 0.1) is 36.7 Å². The number of carbonyl (C=O) groups excluding carboxylic acids is 1. The lowest BCUT2D eigenvalue weighted by Gasteiger charge is -2.38. The lowest BCUT2D eigenvalue weighted by Crippen LogP contribution is -2.43. The van der Waals surface area contributed by atoms with Crippen LogP contribution in [-0.2, 0) is 28.8 Å². The van der Waals surface area contributed by atoms with Crippen molar-refractivity contribution in [2.45, 2.75) is 139 Å². The third-order valence-electron chi connectivity index (χ3n) is 5.57. The van der Waals surface area contributed by atoms with Crippen LogP contribution in [0.5, 0.6) is 0 Å². The predicted octanol–water partition coefficient (Wildman–Crippen LogP) is 7.59. The molecule has 3 heterocycles. The molecule has 0 aromatic heterocycles. The first-order chi connectivity index (χ1) is 16.5. The van der Waals surface area contributed by atoms with Crippen LogP contribution in [0.1, 0.15) is 128 Å². The van der Waals surface area contributed by atoms with Gasteiger partial charge in [0.25, 0.3) is 0 Å². The fourth-order valence-corrected chi connectivity index (χ4v) is 4.78. The zero-order valence-electron chi connectivity index (χ0n) is 25.1. The van der Waals surface area contributed by atoms with E-state index in [0.717, 1.165) is 25.9 Å². The maximum absolute atomic E-state index is 10.4. The molecule has 3 atom stereocenters. The Kier molecular flexibility index (Phi) is 26.3. The second-order valence-corrected chi connectivity index (χ2v) is 11.3. The van der Waals surface area contributed by atoms with Crippen LogP contribution in [0.2, 0.25) is 0 Å². The first kappa shape index (κ1) is 38.9. The van der Waals surface area contributed by atoms with Crippen molar-refractivity contribution in [1.82, 2.24) is 0 Å². The maximum Gasteiger partial charge on any atom is 0.308 e. The summed E-state index contributed by atoms with van der Waals surface area (Å²) in [6.07, 6.45) is 10.5. The van der Waals surface area contributed by atoms with Gasteiger partial charge in [0, 0.05) is 5.92 Å². The van der Waals surface area contributed by atoms with E-state index < -0.39 is 9.84 Å². The average Bonchev–Trinajstić information content (AvgIpc) is 3.62. The third kappa shape index (κ3) is 22.3. The van der Waals surface area contributed by atoms with Crippen LogP contribution in [0.15, 0.2) is 0 Å². The molecule has 0 N–H and O–H groups in total. The number of ether oxygens (including phenoxy) is 3. The number of carbonyl (C=O) groups is 1. The maximum atomic E-state index is 10.4. The van der Waals surface area contributed by atoms with Crippen molar-refractivity contribution in [3.8, 4) is 0 Å². The molecule has 3 aliphatic heterocycles. The summed E-state index contributed by atoms with van der Waals surface area (Å²) < 4.78 is 36.5. The molecule has 3 unspecified atom stereocenters. The van der Waals surface area contributed by atoms with Crippen molar-refractivity contribution in [2.24, 2.45) is 11.8 Å². The van der Waals surface area contributed by atoms with Crippen LogP contribution in [0.3, 0.4) is 0 Å². The molecule has 214 valence electrons. The van der Waals surface area contributed by atoms with E-state index in [4.69, 9.17) is 9.47 Å². The summed E-state index contributed by atoms with van der Waals surface area (Å²) in [7, 11) is -2.55. The Bertz CT molecular complexity index is 550. The largest absolute Gasteiger partial charge is 0.465 e. The lowest BCUT2D eigenvalue weighted by atomic mass is 10.1. The van der Waals surface area contributed by atoms with Crippen molar-refractivity contribution in [1.29, 1.82) is 0 Å². The molecule has 6 nitrogen and oxygen atoms in total. The number of hydrogen-bond acceptors (Lipinski definition) is 6. The summed E-state index contributed by atoms with van der Waals surface area (Å²) in [6, 6.07) is 0. The molecular formula is C28H60O6S. The van der Waals surface area contributed by atoms with Gasteiger partial charge in [-0.25, -0.2) is 8.42 Å². The minimum absolute atomic E-state index is 0.0417. The van der Waals surface area contributed by atoms with Gasteiger partial charge in [-0.3, -0.25) is 4.79 Å². The molecule has 0 amide bonds. The summed E-state index contributed by atoms with van der Waals surface area (Å²) in [4.78, 5) is 10.4. The predicted molar refractivity (Wildman–Crippen MR) is 149 cm³/mol. The van der Waals surface area contributed by atoms with Crippen molar-refractivity contribution in [3.63, 3.8) is 0 Å². The van der Waals surface area contributed by atoms with E-state index in [9.17, 15) is 13.2 Å². The van der Waals surface area contributed by atoms with Gasteiger partial charge in [-0.1, -0.05) is 87.5 Å². The van der Waals surface area contributed by atoms with Crippen LogP contribution in [0, 0.1) is 11.8 Å². The van der Waals surface area contributed by atoms with E-state index in [1.807, 2.05) is 62.3 Å². The van der Waals surface area contributed by atoms with Gasteiger partial charge in [-0.05, 0) is 40.0 Å². The molecule has 0 aromatic carbocycles. The first-order valence-electron chi connectivity index (χ1n) is 14.2. The summed E-state index contributed by atoms with van der Waals surface area (Å²) in [6.45, 7) is 23.5. The molecular weight excluding hydrogens is 464 g/mol. The molecule has 4 fully saturated rings. The SMILES string of the molecule is C1CCCC1.CC.CC.CC.CC1CCOC1=O.CC1COC(C)(C)OC1C.O=S1(=O)CCCC1. The Hall–Kier alpha value is -0.660. The van der Waals surface area contributed by atoms with Gasteiger partial charge in [-0.2, -0.15) is 0 Å². The molecule has 0 radical (unpaired) electrons. The summed E-state index contributed by atoms with van der Waals surface area (Å²) >= 11 is 0. The van der Waals surface area contributed by atoms with Gasteiger partial charge < -0.3 is 14.2 Å². The van der Waals surface area contributed by atoms with Crippen molar-refractivity contribution < 1.29 is 27.4 Å². The number of cyclic esters (lactones) is 1. The fourth-order valence-electron chi connectivity index (χ4n) is 3.29. The van der Waals surface area contributed by atoms with Crippen molar-refractivity contribution in [2.75, 3.05) is 24.7 Å². The first-order valence-corrected chi connectivity index (χ1v) is 16.0. The van der Waals surface area contributed by atoms with Gasteiger partial charge in [0.1, 0.15) is 9.84 Å². The van der Waals surface area contributed by atoms with Crippen molar-refractivity contribution >= 4 is 15.8 Å². The lowest BCUT2D eigenvalue weighted by molar-refractivity contribution is -0.286. The molecule has 0 aromatic rings. The molecule has 0 bridgehead atoms. The third-order valence-corrected chi connectivity index (χ3v) is 7.39. The quantitative estimate of drug-likeness (QED) is 0.304. The smallest absolute Gasteiger partial charge is 0.308 e. The highest BCUT2D eigenvalue weighted by Crippen LogP contribution is 2.25. The van der Waals surface area contributed by atoms with E-state index in [1.165, 1.54) is 32.1 Å². The second-order valence-electron chi connectivity index (χ2n) is 8.99. The van der Waals surface area contributed by atoms with Crippen molar-refractivity contribution in [3.05, 3.63) is 0 Å². The Morgan fingerprint density at radius 1 is 0.771 bits per heavy atom. The minimum atomic E-state index is -2.55. The van der Waals surface area contributed by atoms with Gasteiger partial charge >= 0.3 is 5.97 Å². The Morgan fingerprint density at radius 2 is 1.20 bits per heavy atom. The number of rotatable bonds is 0. The topological polar surface area (TPSA) is 78.9 Å². The summed E-state index contributed by atoms with van der Waals surface area (Å²) in [5.41, 5.74) is 0. The Labute approximate surface area is 219 Å². The van der Waals surface area contributed by atoms with Gasteiger partial charge in [-0.15, -0.1) is 0 Å². The van der Waals surface area contributed by atoms with E-state index in [1.54, 1.807) is 0 Å². The zero-order chi connectivity index (χ0) is 27.9. The number of esters is 1. The highest BCUT2D eigenvalue weighted by atomic mass is 32.2. The average molecular weight is 525 g/mol. The summed E-state index contributed by atoms with van der Waals surface area (Å²) in [5, 5.41) is 0. The molecule has 1 aliphatic carbocycles.